The smallest absolute Gasteiger partial charge is 0.204 e. The standard InChI is InChI=1S/C48H32O7/c1-23-24(2)44(50)40-38(30-18-19-36-34(22-30)32-12-5-6-13-35(32)55-36)42-41(45(51)47(53)48(54)46(42)52)37(39(40)43(23)49)29-10-7-9-27(20-29)28-17-16-26-15-14-25-8-3-4-11-31(25)33(26)21-28/h3-22,49-54H,1-2H3. The number of phenols is 6. The van der Waals surface area contributed by atoms with Gasteiger partial charge in [-0.1, -0.05) is 91.0 Å². The first kappa shape index (κ1) is 32.3. The second kappa shape index (κ2) is 11.6. The van der Waals surface area contributed by atoms with Crippen LogP contribution in [0.1, 0.15) is 11.1 Å². The van der Waals surface area contributed by atoms with Crippen LogP contribution in [-0.2, 0) is 0 Å². The fraction of sp³-hybridized carbons (Fsp3) is 0.0417. The average Bonchev–Trinajstić information content (AvgIpc) is 3.60. The molecule has 1 heterocycles. The highest BCUT2D eigenvalue weighted by Gasteiger charge is 2.31. The maximum absolute atomic E-state index is 12.1. The van der Waals surface area contributed by atoms with E-state index in [1.54, 1.807) is 26.0 Å². The van der Waals surface area contributed by atoms with Crippen molar-refractivity contribution >= 4 is 65.0 Å². The van der Waals surface area contributed by atoms with Crippen molar-refractivity contribution in [3.8, 4) is 67.9 Å². The van der Waals surface area contributed by atoms with E-state index in [4.69, 9.17) is 4.42 Å². The van der Waals surface area contributed by atoms with Gasteiger partial charge in [0.25, 0.3) is 0 Å². The third-order valence-corrected chi connectivity index (χ3v) is 11.3. The molecule has 1 aromatic heterocycles. The summed E-state index contributed by atoms with van der Waals surface area (Å²) >= 11 is 0. The van der Waals surface area contributed by atoms with E-state index in [9.17, 15) is 30.6 Å². The van der Waals surface area contributed by atoms with Crippen LogP contribution in [0.3, 0.4) is 0 Å². The maximum atomic E-state index is 12.1. The molecule has 9 aromatic carbocycles. The Labute approximate surface area is 313 Å². The second-order valence-corrected chi connectivity index (χ2v) is 14.2. The minimum absolute atomic E-state index is 0.0212. The highest BCUT2D eigenvalue weighted by atomic mass is 16.3. The third kappa shape index (κ3) is 4.50. The molecule has 0 fully saturated rings. The number of rotatable bonds is 3. The number of fused-ring (bicyclic) bond motifs is 8. The fourth-order valence-electron chi connectivity index (χ4n) is 8.38. The quantitative estimate of drug-likeness (QED) is 0.0463. The van der Waals surface area contributed by atoms with Gasteiger partial charge in [0.05, 0.1) is 0 Å². The van der Waals surface area contributed by atoms with E-state index in [0.29, 0.717) is 33.4 Å². The molecule has 0 aliphatic heterocycles. The molecule has 0 atom stereocenters. The van der Waals surface area contributed by atoms with Crippen molar-refractivity contribution in [2.24, 2.45) is 0 Å². The molecule has 55 heavy (non-hydrogen) atoms. The van der Waals surface area contributed by atoms with Gasteiger partial charge >= 0.3 is 0 Å². The van der Waals surface area contributed by atoms with Gasteiger partial charge < -0.3 is 35.1 Å². The summed E-state index contributed by atoms with van der Waals surface area (Å²) in [4.78, 5) is 0. The lowest BCUT2D eigenvalue weighted by Crippen LogP contribution is -1.96. The van der Waals surface area contributed by atoms with Crippen LogP contribution in [0.15, 0.2) is 126 Å². The summed E-state index contributed by atoms with van der Waals surface area (Å²) in [6.45, 7) is 3.39. The van der Waals surface area contributed by atoms with Gasteiger partial charge in [-0.25, -0.2) is 0 Å². The molecule has 0 spiro atoms. The Bertz CT molecular complexity index is 3220. The summed E-state index contributed by atoms with van der Waals surface area (Å²) in [5.74, 6) is -3.53. The Morgan fingerprint density at radius 1 is 0.345 bits per heavy atom. The van der Waals surface area contributed by atoms with Crippen LogP contribution in [0, 0.1) is 13.8 Å². The zero-order chi connectivity index (χ0) is 37.9. The molecule has 0 aliphatic rings. The fourth-order valence-corrected chi connectivity index (χ4v) is 8.38. The summed E-state index contributed by atoms with van der Waals surface area (Å²) in [6.07, 6.45) is 0. The highest BCUT2D eigenvalue weighted by Crippen LogP contribution is 2.60. The van der Waals surface area contributed by atoms with Gasteiger partial charge in [0.1, 0.15) is 22.7 Å². The topological polar surface area (TPSA) is 135 Å². The number of phenolic OH excluding ortho intramolecular Hbond substituents is 6. The largest absolute Gasteiger partial charge is 0.507 e. The molecule has 0 bridgehead atoms. The first-order valence-electron chi connectivity index (χ1n) is 17.9. The van der Waals surface area contributed by atoms with Gasteiger partial charge in [-0.3, -0.25) is 0 Å². The summed E-state index contributed by atoms with van der Waals surface area (Å²) in [5, 5.41) is 76.4. The molecule has 6 N–H and O–H groups in total. The third-order valence-electron chi connectivity index (χ3n) is 11.3. The Kier molecular flexibility index (Phi) is 6.78. The van der Waals surface area contributed by atoms with Crippen LogP contribution in [0.4, 0.5) is 0 Å². The predicted octanol–water partition coefficient (Wildman–Crippen LogP) is 12.1. The Morgan fingerprint density at radius 2 is 0.818 bits per heavy atom. The van der Waals surface area contributed by atoms with E-state index in [1.165, 1.54) is 0 Å². The predicted molar refractivity (Wildman–Crippen MR) is 220 cm³/mol. The first-order valence-corrected chi connectivity index (χ1v) is 17.9. The van der Waals surface area contributed by atoms with Crippen molar-refractivity contribution in [3.63, 3.8) is 0 Å². The SMILES string of the molecule is Cc1c(C)c(O)c2c(-c3ccc4oc5ccccc5c4c3)c3c(O)c(O)c(O)c(O)c3c(-c3cccc(-c4ccc5ccc6ccccc6c5c4)c3)c2c1O. The molecule has 7 heteroatoms. The van der Waals surface area contributed by atoms with Crippen molar-refractivity contribution in [1.29, 1.82) is 0 Å². The van der Waals surface area contributed by atoms with Crippen molar-refractivity contribution in [2.75, 3.05) is 0 Å². The molecule has 266 valence electrons. The van der Waals surface area contributed by atoms with E-state index >= 15 is 0 Å². The Morgan fingerprint density at radius 3 is 1.51 bits per heavy atom. The zero-order valence-corrected chi connectivity index (χ0v) is 29.6. The molecule has 0 saturated heterocycles. The number of hydrogen-bond acceptors (Lipinski definition) is 7. The number of furan rings is 1. The molecular weight excluding hydrogens is 689 g/mol. The maximum Gasteiger partial charge on any atom is 0.204 e. The number of benzene rings is 9. The van der Waals surface area contributed by atoms with E-state index < -0.39 is 23.0 Å². The van der Waals surface area contributed by atoms with Crippen LogP contribution in [-0.4, -0.2) is 30.6 Å². The summed E-state index contributed by atoms with van der Waals surface area (Å²) in [6, 6.07) is 39.2. The van der Waals surface area contributed by atoms with Gasteiger partial charge in [-0.05, 0) is 99.1 Å². The second-order valence-electron chi connectivity index (χ2n) is 14.2. The van der Waals surface area contributed by atoms with Crippen LogP contribution in [0.2, 0.25) is 0 Å². The van der Waals surface area contributed by atoms with Crippen LogP contribution >= 0.6 is 0 Å². The van der Waals surface area contributed by atoms with Gasteiger partial charge in [0, 0.05) is 43.4 Å². The minimum atomic E-state index is -0.920. The molecule has 10 aromatic rings. The number of hydrogen-bond donors (Lipinski definition) is 6. The summed E-state index contributed by atoms with van der Waals surface area (Å²) < 4.78 is 6.09. The molecule has 0 aliphatic carbocycles. The molecule has 10 rings (SSSR count). The van der Waals surface area contributed by atoms with Gasteiger partial charge in [-0.2, -0.15) is 0 Å². The number of aromatic hydroxyl groups is 6. The molecule has 7 nitrogen and oxygen atoms in total. The lowest BCUT2D eigenvalue weighted by Gasteiger charge is -2.23. The first-order chi connectivity index (χ1) is 26.6. The van der Waals surface area contributed by atoms with Crippen molar-refractivity contribution < 1.29 is 35.1 Å². The van der Waals surface area contributed by atoms with Crippen molar-refractivity contribution in [2.45, 2.75) is 13.8 Å². The lowest BCUT2D eigenvalue weighted by atomic mass is 9.82. The summed E-state index contributed by atoms with van der Waals surface area (Å²) in [7, 11) is 0. The van der Waals surface area contributed by atoms with Crippen molar-refractivity contribution in [3.05, 3.63) is 132 Å². The van der Waals surface area contributed by atoms with Gasteiger partial charge in [0.2, 0.25) is 11.5 Å². The van der Waals surface area contributed by atoms with E-state index in [1.807, 2.05) is 72.8 Å². The van der Waals surface area contributed by atoms with Crippen LogP contribution in [0.25, 0.3) is 98.4 Å². The van der Waals surface area contributed by atoms with Crippen molar-refractivity contribution in [1.82, 2.24) is 0 Å². The molecular formula is C48H32O7. The van der Waals surface area contributed by atoms with Crippen LogP contribution < -0.4 is 0 Å². The lowest BCUT2D eigenvalue weighted by molar-refractivity contribution is 0.351. The molecule has 0 radical (unpaired) electrons. The average molecular weight is 721 g/mol. The Hall–Kier alpha value is -7.38. The molecule has 0 saturated carbocycles. The molecule has 0 unspecified atom stereocenters. The normalized spacial score (nSPS) is 11.9. The molecule has 0 amide bonds. The van der Waals surface area contributed by atoms with Crippen LogP contribution in [0.5, 0.6) is 34.5 Å². The summed E-state index contributed by atoms with van der Waals surface area (Å²) in [5.41, 5.74) is 5.36. The van der Waals surface area contributed by atoms with E-state index in [0.717, 1.165) is 43.4 Å². The highest BCUT2D eigenvalue weighted by molar-refractivity contribution is 6.29. The zero-order valence-electron chi connectivity index (χ0n) is 29.6. The Balaban J connectivity index is 1.34. The minimum Gasteiger partial charge on any atom is -0.507 e. The number of para-hydroxylation sites is 1. The monoisotopic (exact) mass is 720 g/mol. The van der Waals surface area contributed by atoms with Gasteiger partial charge in [0.15, 0.2) is 11.5 Å². The van der Waals surface area contributed by atoms with E-state index in [-0.39, 0.29) is 44.2 Å². The van der Waals surface area contributed by atoms with E-state index in [2.05, 4.69) is 36.4 Å². The van der Waals surface area contributed by atoms with Gasteiger partial charge in [-0.15, -0.1) is 0 Å².